The lowest BCUT2D eigenvalue weighted by atomic mass is 10.1. The van der Waals surface area contributed by atoms with Crippen molar-refractivity contribution in [3.05, 3.63) is 66.6 Å². The summed E-state index contributed by atoms with van der Waals surface area (Å²) in [5, 5.41) is 3.30. The van der Waals surface area contributed by atoms with Crippen LogP contribution in [0, 0.1) is 0 Å². The number of hydrogen-bond acceptors (Lipinski definition) is 4. The third-order valence-electron chi connectivity index (χ3n) is 3.63. The quantitative estimate of drug-likeness (QED) is 0.897. The van der Waals surface area contributed by atoms with Gasteiger partial charge >= 0.3 is 0 Å². The molecule has 0 amide bonds. The number of furan rings is 1. The Balaban J connectivity index is 0.000000230. The number of hydrogen-bond donors (Lipinski definition) is 2. The van der Waals surface area contributed by atoms with Gasteiger partial charge in [-0.1, -0.05) is 50.8 Å². The predicted molar refractivity (Wildman–Crippen MR) is 103 cm³/mol. The second-order valence-corrected chi connectivity index (χ2v) is 5.36. The molecule has 3 rings (SSSR count). The maximum absolute atomic E-state index is 5.61. The van der Waals surface area contributed by atoms with Crippen LogP contribution in [-0.2, 0) is 0 Å². The van der Waals surface area contributed by atoms with Crippen LogP contribution in [0.15, 0.2) is 59.7 Å². The van der Waals surface area contributed by atoms with Crippen LogP contribution in [-0.4, -0.2) is 31.1 Å². The van der Waals surface area contributed by atoms with Crippen molar-refractivity contribution in [2.45, 2.75) is 26.8 Å². The Bertz CT molecular complexity index is 544. The molecule has 0 bridgehead atoms. The second-order valence-electron chi connectivity index (χ2n) is 5.36. The molecule has 3 N–H and O–H groups in total. The minimum atomic E-state index is 0.159. The molecule has 1 fully saturated rings. The van der Waals surface area contributed by atoms with E-state index in [0.717, 1.165) is 37.6 Å². The van der Waals surface area contributed by atoms with E-state index in [1.165, 1.54) is 5.56 Å². The highest BCUT2D eigenvalue weighted by molar-refractivity contribution is 5.56. The first-order valence-corrected chi connectivity index (χ1v) is 8.67. The van der Waals surface area contributed by atoms with Crippen molar-refractivity contribution >= 4 is 5.70 Å². The molecule has 0 spiro atoms. The van der Waals surface area contributed by atoms with Gasteiger partial charge in [0.15, 0.2) is 0 Å². The van der Waals surface area contributed by atoms with Crippen LogP contribution in [0.25, 0.3) is 5.70 Å². The van der Waals surface area contributed by atoms with Crippen molar-refractivity contribution in [2.75, 3.05) is 26.2 Å². The van der Waals surface area contributed by atoms with E-state index >= 15 is 0 Å². The number of nitrogens with one attached hydrogen (secondary N) is 1. The number of rotatable bonds is 3. The van der Waals surface area contributed by atoms with Crippen LogP contribution in [0.3, 0.4) is 0 Å². The molecule has 4 heteroatoms. The van der Waals surface area contributed by atoms with E-state index in [0.29, 0.717) is 0 Å². The molecule has 132 valence electrons. The lowest BCUT2D eigenvalue weighted by Gasteiger charge is -2.29. The molecule has 1 aromatic heterocycles. The van der Waals surface area contributed by atoms with Gasteiger partial charge in [0.1, 0.15) is 5.76 Å². The summed E-state index contributed by atoms with van der Waals surface area (Å²) in [6.07, 6.45) is 1.68. The fourth-order valence-corrected chi connectivity index (χ4v) is 2.29. The zero-order chi connectivity index (χ0) is 17.8. The van der Waals surface area contributed by atoms with E-state index in [1.807, 2.05) is 63.2 Å². The van der Waals surface area contributed by atoms with Crippen molar-refractivity contribution in [1.29, 1.82) is 0 Å². The highest BCUT2D eigenvalue weighted by Crippen LogP contribution is 2.17. The predicted octanol–water partition coefficient (Wildman–Crippen LogP) is 3.89. The summed E-state index contributed by atoms with van der Waals surface area (Å²) < 4.78 is 5.29. The normalized spacial score (nSPS) is 14.6. The Morgan fingerprint density at radius 3 is 2.21 bits per heavy atom. The summed E-state index contributed by atoms with van der Waals surface area (Å²) in [4.78, 5) is 2.25. The lowest BCUT2D eigenvalue weighted by Crippen LogP contribution is -2.42. The smallest absolute Gasteiger partial charge is 0.149 e. The largest absolute Gasteiger partial charge is 0.463 e. The van der Waals surface area contributed by atoms with Gasteiger partial charge in [-0.05, 0) is 24.6 Å². The molecule has 2 aromatic rings. The third kappa shape index (κ3) is 6.60. The van der Waals surface area contributed by atoms with Gasteiger partial charge in [0.2, 0.25) is 0 Å². The van der Waals surface area contributed by atoms with Gasteiger partial charge in [-0.2, -0.15) is 0 Å². The van der Waals surface area contributed by atoms with Crippen molar-refractivity contribution in [2.24, 2.45) is 5.73 Å². The molecule has 0 radical (unpaired) electrons. The summed E-state index contributed by atoms with van der Waals surface area (Å²) >= 11 is 0. The number of nitrogens with two attached hydrogens (primary N) is 1. The molecular weight excluding hydrogens is 298 g/mol. The van der Waals surface area contributed by atoms with E-state index < -0.39 is 0 Å². The van der Waals surface area contributed by atoms with Crippen LogP contribution in [0.5, 0.6) is 0 Å². The molecule has 0 aliphatic carbocycles. The van der Waals surface area contributed by atoms with E-state index in [9.17, 15) is 0 Å². The zero-order valence-corrected chi connectivity index (χ0v) is 15.2. The molecule has 1 aliphatic heterocycles. The summed E-state index contributed by atoms with van der Waals surface area (Å²) in [5.74, 6) is 0.877. The highest BCUT2D eigenvalue weighted by Gasteiger charge is 2.13. The maximum atomic E-state index is 5.61. The van der Waals surface area contributed by atoms with E-state index in [1.54, 1.807) is 6.26 Å². The van der Waals surface area contributed by atoms with Crippen molar-refractivity contribution in [1.82, 2.24) is 10.2 Å². The molecular formula is C20H31N3O. The van der Waals surface area contributed by atoms with E-state index in [2.05, 4.69) is 16.8 Å². The average Bonchev–Trinajstić information content (AvgIpc) is 3.19. The highest BCUT2D eigenvalue weighted by atomic mass is 16.3. The van der Waals surface area contributed by atoms with Gasteiger partial charge in [-0.25, -0.2) is 0 Å². The first-order valence-electron chi connectivity index (χ1n) is 8.67. The molecule has 4 nitrogen and oxygen atoms in total. The van der Waals surface area contributed by atoms with Gasteiger partial charge in [0, 0.05) is 32.2 Å². The third-order valence-corrected chi connectivity index (χ3v) is 3.63. The monoisotopic (exact) mass is 329 g/mol. The van der Waals surface area contributed by atoms with Crippen molar-refractivity contribution < 1.29 is 4.42 Å². The number of nitrogens with zero attached hydrogens (tertiary/aromatic N) is 1. The van der Waals surface area contributed by atoms with Crippen LogP contribution in [0.1, 0.15) is 38.1 Å². The van der Waals surface area contributed by atoms with Gasteiger partial charge in [-0.3, -0.25) is 0 Å². The van der Waals surface area contributed by atoms with Gasteiger partial charge in [0.25, 0.3) is 0 Å². The molecule has 2 heterocycles. The fourth-order valence-electron chi connectivity index (χ4n) is 2.29. The number of piperazine rings is 1. The Morgan fingerprint density at radius 2 is 1.75 bits per heavy atom. The molecule has 1 aromatic carbocycles. The van der Waals surface area contributed by atoms with Gasteiger partial charge in [0.05, 0.1) is 12.0 Å². The summed E-state index contributed by atoms with van der Waals surface area (Å²) in [7, 11) is 0. The fraction of sp³-hybridized carbons (Fsp3) is 0.400. The molecule has 1 saturated heterocycles. The minimum Gasteiger partial charge on any atom is -0.463 e. The minimum absolute atomic E-state index is 0.159. The summed E-state index contributed by atoms with van der Waals surface area (Å²) in [6, 6.07) is 14.1. The summed E-state index contributed by atoms with van der Waals surface area (Å²) in [5.41, 5.74) is 7.80. The van der Waals surface area contributed by atoms with Crippen molar-refractivity contribution in [3.8, 4) is 0 Å². The lowest BCUT2D eigenvalue weighted by molar-refractivity contribution is 0.333. The Kier molecular flexibility index (Phi) is 9.58. The Hall–Kier alpha value is -2.04. The second kappa shape index (κ2) is 11.5. The van der Waals surface area contributed by atoms with Crippen LogP contribution in [0.4, 0.5) is 0 Å². The maximum Gasteiger partial charge on any atom is 0.149 e. The van der Waals surface area contributed by atoms with Crippen LogP contribution >= 0.6 is 0 Å². The molecule has 24 heavy (non-hydrogen) atoms. The Morgan fingerprint density at radius 1 is 1.12 bits per heavy atom. The Labute approximate surface area is 146 Å². The molecule has 1 aliphatic rings. The molecule has 0 saturated carbocycles. The standard InChI is InChI=1S/C10H14N2O.C8H11N.C2H6/c1-9(10-3-2-8-13-10)12-6-4-11-5-7-12;1-7(9)8-5-3-2-4-6-8;1-2/h2-3,8,11H,1,4-7H2;2-7H,9H2,1H3;1-2H3. The van der Waals surface area contributed by atoms with Gasteiger partial charge < -0.3 is 20.4 Å². The first-order chi connectivity index (χ1) is 11.7. The first kappa shape index (κ1) is 20.0. The van der Waals surface area contributed by atoms with Crippen molar-refractivity contribution in [3.63, 3.8) is 0 Å². The van der Waals surface area contributed by atoms with E-state index in [4.69, 9.17) is 10.2 Å². The van der Waals surface area contributed by atoms with Crippen LogP contribution < -0.4 is 11.1 Å². The van der Waals surface area contributed by atoms with Gasteiger partial charge in [-0.15, -0.1) is 0 Å². The molecule has 1 unspecified atom stereocenters. The average molecular weight is 329 g/mol. The van der Waals surface area contributed by atoms with Crippen LogP contribution in [0.2, 0.25) is 0 Å². The van der Waals surface area contributed by atoms with E-state index in [-0.39, 0.29) is 6.04 Å². The zero-order valence-electron chi connectivity index (χ0n) is 15.2. The topological polar surface area (TPSA) is 54.4 Å². The molecule has 1 atom stereocenters. The SMILES string of the molecule is C=C(c1ccco1)N1CCNCC1.CC.CC(N)c1ccccc1. The number of benzene rings is 1. The summed E-state index contributed by atoms with van der Waals surface area (Å²) in [6.45, 7) is 14.1.